The van der Waals surface area contributed by atoms with Crippen LogP contribution in [0.3, 0.4) is 0 Å². The Labute approximate surface area is 179 Å². The van der Waals surface area contributed by atoms with Crippen LogP contribution in [0.4, 0.5) is 10.2 Å². The van der Waals surface area contributed by atoms with Gasteiger partial charge in [-0.1, -0.05) is 35.9 Å². The maximum atomic E-state index is 14.9. The third-order valence-electron chi connectivity index (χ3n) is 5.33. The summed E-state index contributed by atoms with van der Waals surface area (Å²) in [6.07, 6.45) is 6.18. The van der Waals surface area contributed by atoms with Crippen LogP contribution < -0.4 is 15.6 Å². The van der Waals surface area contributed by atoms with Crippen molar-refractivity contribution in [3.63, 3.8) is 0 Å². The number of fused-ring (bicyclic) bond motifs is 1. The van der Waals surface area contributed by atoms with Gasteiger partial charge in [0.05, 0.1) is 5.39 Å². The molecule has 3 aromatic rings. The lowest BCUT2D eigenvalue weighted by Crippen LogP contribution is -2.44. The number of aryl methyl sites for hydroxylation is 1. The molecule has 1 aromatic carbocycles. The smallest absolute Gasteiger partial charge is 0.194 e. The van der Waals surface area contributed by atoms with Crippen LogP contribution in [0, 0.1) is 5.82 Å². The first-order valence-electron chi connectivity index (χ1n) is 10.2. The maximum absolute atomic E-state index is 14.9. The van der Waals surface area contributed by atoms with Crippen molar-refractivity contribution in [2.24, 2.45) is 0 Å². The Balaban J connectivity index is 1.69. The van der Waals surface area contributed by atoms with Crippen molar-refractivity contribution in [1.82, 2.24) is 14.9 Å². The molecule has 0 amide bonds. The van der Waals surface area contributed by atoms with Crippen molar-refractivity contribution >= 4 is 34.5 Å². The molecule has 3 heterocycles. The fourth-order valence-electron chi connectivity index (χ4n) is 3.72. The molecule has 0 atom stereocenters. The van der Waals surface area contributed by atoms with Crippen molar-refractivity contribution in [2.45, 2.75) is 19.9 Å². The number of halogens is 2. The minimum Gasteiger partial charge on any atom is -0.352 e. The zero-order chi connectivity index (χ0) is 21.1. The van der Waals surface area contributed by atoms with Gasteiger partial charge in [0.15, 0.2) is 17.1 Å². The summed E-state index contributed by atoms with van der Waals surface area (Å²) in [5.74, 6) is -0.126. The molecular weight excluding hydrogens is 403 g/mol. The van der Waals surface area contributed by atoms with E-state index in [0.29, 0.717) is 53.5 Å². The Morgan fingerprint density at radius 3 is 2.67 bits per heavy atom. The van der Waals surface area contributed by atoms with Crippen molar-refractivity contribution in [1.29, 1.82) is 0 Å². The Kier molecular flexibility index (Phi) is 6.16. The molecule has 1 fully saturated rings. The van der Waals surface area contributed by atoms with E-state index in [4.69, 9.17) is 11.6 Å². The molecule has 1 aliphatic rings. The van der Waals surface area contributed by atoms with E-state index in [9.17, 15) is 9.18 Å². The number of nitrogens with one attached hydrogen (secondary N) is 1. The highest BCUT2D eigenvalue weighted by molar-refractivity contribution is 6.30. The maximum Gasteiger partial charge on any atom is 0.194 e. The van der Waals surface area contributed by atoms with E-state index in [1.807, 2.05) is 59.0 Å². The van der Waals surface area contributed by atoms with Crippen LogP contribution in [0.5, 0.6) is 0 Å². The van der Waals surface area contributed by atoms with Gasteiger partial charge in [0.1, 0.15) is 5.65 Å². The summed E-state index contributed by atoms with van der Waals surface area (Å²) in [5, 5.41) is 4.26. The standard InChI is InChI=1S/C23H24ClFN4O/c1-2-28-15-17(5-3-4-16-6-8-18(24)9-7-16)21(30)19-14-20(25)23(27-22(19)28)29-12-10-26-11-13-29/h3-4,6-9,14-15,26H,2,5,10-13H2,1H3. The molecule has 5 nitrogen and oxygen atoms in total. The van der Waals surface area contributed by atoms with E-state index in [0.717, 1.165) is 18.7 Å². The average Bonchev–Trinajstić information content (AvgIpc) is 2.77. The topological polar surface area (TPSA) is 50.2 Å². The lowest BCUT2D eigenvalue weighted by molar-refractivity contribution is 0.559. The number of pyridine rings is 2. The number of benzene rings is 1. The zero-order valence-corrected chi connectivity index (χ0v) is 17.6. The number of hydrogen-bond donors (Lipinski definition) is 1. The van der Waals surface area contributed by atoms with E-state index in [1.165, 1.54) is 6.07 Å². The first-order chi connectivity index (χ1) is 14.6. The molecule has 7 heteroatoms. The Bertz CT molecular complexity index is 1130. The summed E-state index contributed by atoms with van der Waals surface area (Å²) >= 11 is 5.91. The molecule has 0 spiro atoms. The number of nitrogens with zero attached hydrogens (tertiary/aromatic N) is 3. The third-order valence-corrected chi connectivity index (χ3v) is 5.58. The number of hydrogen-bond acceptors (Lipinski definition) is 4. The van der Waals surface area contributed by atoms with Crippen molar-refractivity contribution in [3.05, 3.63) is 74.8 Å². The molecule has 0 radical (unpaired) electrons. The van der Waals surface area contributed by atoms with Crippen LogP contribution in [0.25, 0.3) is 17.1 Å². The number of anilines is 1. The summed E-state index contributed by atoms with van der Waals surface area (Å²) in [6.45, 7) is 5.60. The van der Waals surface area contributed by atoms with Gasteiger partial charge in [0.2, 0.25) is 0 Å². The molecule has 0 saturated carbocycles. The molecule has 0 aliphatic carbocycles. The predicted octanol–water partition coefficient (Wildman–Crippen LogP) is 3.87. The minimum atomic E-state index is -0.446. The summed E-state index contributed by atoms with van der Waals surface area (Å²) < 4.78 is 16.8. The number of aromatic nitrogens is 2. The van der Waals surface area contributed by atoms with Crippen LogP contribution in [0.1, 0.15) is 18.1 Å². The Morgan fingerprint density at radius 2 is 1.97 bits per heavy atom. The first-order valence-corrected chi connectivity index (χ1v) is 10.5. The largest absolute Gasteiger partial charge is 0.352 e. The molecule has 1 N–H and O–H groups in total. The van der Waals surface area contributed by atoms with Gasteiger partial charge in [-0.2, -0.15) is 0 Å². The van der Waals surface area contributed by atoms with E-state index in [-0.39, 0.29) is 5.43 Å². The van der Waals surface area contributed by atoms with Gasteiger partial charge in [0.25, 0.3) is 0 Å². The molecule has 1 aliphatic heterocycles. The molecule has 0 bridgehead atoms. The first kappa shape index (κ1) is 20.6. The van der Waals surface area contributed by atoms with Crippen molar-refractivity contribution < 1.29 is 4.39 Å². The fraction of sp³-hybridized carbons (Fsp3) is 0.304. The molecule has 1 saturated heterocycles. The van der Waals surface area contributed by atoms with E-state index >= 15 is 0 Å². The van der Waals surface area contributed by atoms with Gasteiger partial charge in [0, 0.05) is 49.5 Å². The fourth-order valence-corrected chi connectivity index (χ4v) is 3.84. The lowest BCUT2D eigenvalue weighted by Gasteiger charge is -2.29. The number of piperazine rings is 1. The van der Waals surface area contributed by atoms with Crippen molar-refractivity contribution in [3.8, 4) is 0 Å². The lowest BCUT2D eigenvalue weighted by atomic mass is 10.1. The van der Waals surface area contributed by atoms with Gasteiger partial charge >= 0.3 is 0 Å². The molecule has 30 heavy (non-hydrogen) atoms. The second-order valence-electron chi connectivity index (χ2n) is 7.33. The van der Waals surface area contributed by atoms with Gasteiger partial charge in [-0.3, -0.25) is 4.79 Å². The number of allylic oxidation sites excluding steroid dienone is 1. The molecule has 4 rings (SSSR count). The Hall–Kier alpha value is -2.70. The van der Waals surface area contributed by atoms with Gasteiger partial charge in [-0.05, 0) is 37.1 Å². The van der Waals surface area contributed by atoms with Crippen LogP contribution in [0.2, 0.25) is 5.02 Å². The van der Waals surface area contributed by atoms with Crippen molar-refractivity contribution in [2.75, 3.05) is 31.1 Å². The molecule has 0 unspecified atom stereocenters. The second kappa shape index (κ2) is 8.98. The summed E-state index contributed by atoms with van der Waals surface area (Å²) in [5.41, 5.74) is 1.98. The van der Waals surface area contributed by atoms with E-state index < -0.39 is 5.82 Å². The molecule has 156 valence electrons. The van der Waals surface area contributed by atoms with E-state index in [1.54, 1.807) is 0 Å². The minimum absolute atomic E-state index is 0.172. The molecular formula is C23H24ClFN4O. The highest BCUT2D eigenvalue weighted by Gasteiger charge is 2.19. The summed E-state index contributed by atoms with van der Waals surface area (Å²) in [6, 6.07) is 8.83. The zero-order valence-electron chi connectivity index (χ0n) is 16.9. The van der Waals surface area contributed by atoms with Crippen LogP contribution in [-0.4, -0.2) is 35.7 Å². The third kappa shape index (κ3) is 4.25. The highest BCUT2D eigenvalue weighted by atomic mass is 35.5. The van der Waals surface area contributed by atoms with Gasteiger partial charge in [-0.25, -0.2) is 9.37 Å². The summed E-state index contributed by atoms with van der Waals surface area (Å²) in [7, 11) is 0. The van der Waals surface area contributed by atoms with Crippen LogP contribution in [0.15, 0.2) is 47.4 Å². The second-order valence-corrected chi connectivity index (χ2v) is 7.77. The predicted molar refractivity (Wildman–Crippen MR) is 121 cm³/mol. The number of rotatable bonds is 5. The summed E-state index contributed by atoms with van der Waals surface area (Å²) in [4.78, 5) is 19.5. The van der Waals surface area contributed by atoms with Gasteiger partial charge in [-0.15, -0.1) is 0 Å². The van der Waals surface area contributed by atoms with Crippen LogP contribution >= 0.6 is 11.6 Å². The van der Waals surface area contributed by atoms with E-state index in [2.05, 4.69) is 10.3 Å². The van der Waals surface area contributed by atoms with Crippen LogP contribution in [-0.2, 0) is 13.0 Å². The molecule has 2 aromatic heterocycles. The SMILES string of the molecule is CCn1cc(CC=Cc2ccc(Cl)cc2)c(=O)c2cc(F)c(N3CCNCC3)nc21. The monoisotopic (exact) mass is 426 g/mol. The highest BCUT2D eigenvalue weighted by Crippen LogP contribution is 2.22. The average molecular weight is 427 g/mol. The Morgan fingerprint density at radius 1 is 1.23 bits per heavy atom. The van der Waals surface area contributed by atoms with Gasteiger partial charge < -0.3 is 14.8 Å². The normalized spacial score (nSPS) is 14.7. The quantitative estimate of drug-likeness (QED) is 0.672.